The van der Waals surface area contributed by atoms with Crippen LogP contribution in [0.1, 0.15) is 16.7 Å². The van der Waals surface area contributed by atoms with Gasteiger partial charge in [-0.05, 0) is 48.9 Å². The van der Waals surface area contributed by atoms with Gasteiger partial charge in [-0.25, -0.2) is 0 Å². The molecule has 2 heterocycles. The summed E-state index contributed by atoms with van der Waals surface area (Å²) >= 11 is 0. The average molecular weight is 413 g/mol. The van der Waals surface area contributed by atoms with Crippen LogP contribution in [0.3, 0.4) is 0 Å². The number of aryl methyl sites for hydroxylation is 1. The largest absolute Gasteiger partial charge is 0.370 e. The fraction of sp³-hybridized carbons (Fsp3) is 0.217. The first-order chi connectivity index (χ1) is 15.1. The monoisotopic (exact) mass is 413 g/mol. The second-order valence-electron chi connectivity index (χ2n) is 6.97. The van der Waals surface area contributed by atoms with Crippen molar-refractivity contribution >= 4 is 17.3 Å². The van der Waals surface area contributed by atoms with Gasteiger partial charge in [-0.15, -0.1) is 0 Å². The van der Waals surface area contributed by atoms with Crippen LogP contribution >= 0.6 is 0 Å². The van der Waals surface area contributed by atoms with E-state index in [4.69, 9.17) is 5.26 Å². The van der Waals surface area contributed by atoms with E-state index in [-0.39, 0.29) is 5.91 Å². The molecule has 0 saturated carbocycles. The standard InChI is InChI=1S/C19H17N5O.C4H6N2/c20-10-14-6-4-13(5-7-14)8-9-22-12-17-19(25)24-16-3-1-2-15(11-21)18(16)23-17;1-6-4-2-3-5-6/h1-7,17,22-23H,8-9,12H2,(H,24,25);2-4H,1H3. The Balaban J connectivity index is 0.000000391. The van der Waals surface area contributed by atoms with Crippen molar-refractivity contribution < 1.29 is 4.79 Å². The van der Waals surface area contributed by atoms with Crippen LogP contribution < -0.4 is 16.0 Å². The number of benzene rings is 2. The summed E-state index contributed by atoms with van der Waals surface area (Å²) < 4.78 is 1.75. The lowest BCUT2D eigenvalue weighted by molar-refractivity contribution is -0.117. The van der Waals surface area contributed by atoms with Crippen LogP contribution in [0.15, 0.2) is 60.9 Å². The topological polar surface area (TPSA) is 119 Å². The van der Waals surface area contributed by atoms with Crippen molar-refractivity contribution in [1.82, 2.24) is 15.1 Å². The molecule has 3 aromatic rings. The number of amides is 1. The van der Waals surface area contributed by atoms with Gasteiger partial charge in [0.05, 0.1) is 28.6 Å². The highest BCUT2D eigenvalue weighted by Crippen LogP contribution is 2.29. The number of nitrogens with zero attached hydrogens (tertiary/aromatic N) is 4. The van der Waals surface area contributed by atoms with Crippen molar-refractivity contribution in [3.05, 3.63) is 77.6 Å². The van der Waals surface area contributed by atoms with Gasteiger partial charge >= 0.3 is 0 Å². The summed E-state index contributed by atoms with van der Waals surface area (Å²) in [6.45, 7) is 1.17. The molecule has 8 nitrogen and oxygen atoms in total. The van der Waals surface area contributed by atoms with E-state index >= 15 is 0 Å². The van der Waals surface area contributed by atoms with Gasteiger partial charge < -0.3 is 16.0 Å². The highest BCUT2D eigenvalue weighted by atomic mass is 16.2. The SMILES string of the molecule is Cn1cccn1.N#Cc1ccc(CCNCC2Nc3c(C#N)cccc3NC2=O)cc1. The number of anilines is 2. The molecular formula is C23H23N7O. The van der Waals surface area contributed by atoms with E-state index in [0.29, 0.717) is 35.6 Å². The molecule has 0 aliphatic carbocycles. The second-order valence-corrected chi connectivity index (χ2v) is 6.97. The third kappa shape index (κ3) is 5.92. The van der Waals surface area contributed by atoms with Crippen molar-refractivity contribution in [3.63, 3.8) is 0 Å². The number of rotatable bonds is 5. The maximum Gasteiger partial charge on any atom is 0.248 e. The lowest BCUT2D eigenvalue weighted by Crippen LogP contribution is -2.46. The quantitative estimate of drug-likeness (QED) is 0.553. The maximum atomic E-state index is 12.2. The Labute approximate surface area is 181 Å². The van der Waals surface area contributed by atoms with Gasteiger partial charge in [0, 0.05) is 26.0 Å². The molecule has 1 aromatic heterocycles. The van der Waals surface area contributed by atoms with Gasteiger partial charge in [0.15, 0.2) is 0 Å². The Morgan fingerprint density at radius 1 is 1.13 bits per heavy atom. The molecule has 1 amide bonds. The normalized spacial score (nSPS) is 14.0. The molecule has 4 rings (SSSR count). The fourth-order valence-corrected chi connectivity index (χ4v) is 3.08. The number of fused-ring (bicyclic) bond motifs is 1. The molecule has 1 aliphatic rings. The molecule has 0 radical (unpaired) electrons. The van der Waals surface area contributed by atoms with Gasteiger partial charge in [0.2, 0.25) is 5.91 Å². The Bertz CT molecular complexity index is 1090. The smallest absolute Gasteiger partial charge is 0.248 e. The summed E-state index contributed by atoms with van der Waals surface area (Å²) in [5.41, 5.74) is 3.60. The summed E-state index contributed by atoms with van der Waals surface area (Å²) in [5, 5.41) is 31.0. The van der Waals surface area contributed by atoms with Gasteiger partial charge in [-0.1, -0.05) is 18.2 Å². The Morgan fingerprint density at radius 2 is 1.94 bits per heavy atom. The van der Waals surface area contributed by atoms with Gasteiger partial charge in [-0.3, -0.25) is 9.48 Å². The Kier molecular flexibility index (Phi) is 7.36. The van der Waals surface area contributed by atoms with E-state index in [1.54, 1.807) is 41.2 Å². The molecule has 1 aliphatic heterocycles. The third-order valence-corrected chi connectivity index (χ3v) is 4.74. The summed E-state index contributed by atoms with van der Waals surface area (Å²) in [6, 6.07) is 18.4. The van der Waals surface area contributed by atoms with Crippen LogP contribution in [0.2, 0.25) is 0 Å². The zero-order valence-electron chi connectivity index (χ0n) is 17.2. The molecular weight excluding hydrogens is 390 g/mol. The zero-order chi connectivity index (χ0) is 22.1. The van der Waals surface area contributed by atoms with Crippen LogP contribution in [-0.2, 0) is 18.3 Å². The van der Waals surface area contributed by atoms with Crippen LogP contribution in [0, 0.1) is 22.7 Å². The first-order valence-corrected chi connectivity index (χ1v) is 9.84. The molecule has 156 valence electrons. The predicted molar refractivity (Wildman–Crippen MR) is 118 cm³/mol. The molecule has 31 heavy (non-hydrogen) atoms. The summed E-state index contributed by atoms with van der Waals surface area (Å²) in [6.07, 6.45) is 4.44. The molecule has 2 aromatic carbocycles. The number of nitrogens with one attached hydrogen (secondary N) is 3. The molecule has 8 heteroatoms. The highest BCUT2D eigenvalue weighted by molar-refractivity contribution is 6.04. The summed E-state index contributed by atoms with van der Waals surface area (Å²) in [4.78, 5) is 12.2. The van der Waals surface area contributed by atoms with E-state index in [2.05, 4.69) is 33.2 Å². The Morgan fingerprint density at radius 3 is 2.55 bits per heavy atom. The van der Waals surface area contributed by atoms with E-state index in [9.17, 15) is 10.1 Å². The number of nitriles is 2. The highest BCUT2D eigenvalue weighted by Gasteiger charge is 2.26. The minimum absolute atomic E-state index is 0.117. The predicted octanol–water partition coefficient (Wildman–Crippen LogP) is 2.41. The minimum Gasteiger partial charge on any atom is -0.370 e. The molecule has 1 atom stereocenters. The lowest BCUT2D eigenvalue weighted by Gasteiger charge is -2.27. The van der Waals surface area contributed by atoms with Gasteiger partial charge in [0.25, 0.3) is 0 Å². The van der Waals surface area contributed by atoms with Crippen LogP contribution in [0.5, 0.6) is 0 Å². The van der Waals surface area contributed by atoms with Crippen LogP contribution in [0.25, 0.3) is 0 Å². The lowest BCUT2D eigenvalue weighted by atomic mass is 10.1. The van der Waals surface area contributed by atoms with E-state index in [0.717, 1.165) is 12.0 Å². The second kappa shape index (κ2) is 10.6. The van der Waals surface area contributed by atoms with Gasteiger partial charge in [-0.2, -0.15) is 15.6 Å². The van der Waals surface area contributed by atoms with E-state index in [1.807, 2.05) is 31.4 Å². The third-order valence-electron chi connectivity index (χ3n) is 4.74. The number of carbonyl (C=O) groups excluding carboxylic acids is 1. The number of hydrogen-bond donors (Lipinski definition) is 3. The fourth-order valence-electron chi connectivity index (χ4n) is 3.08. The number of aromatic nitrogens is 2. The Hall–Kier alpha value is -4.14. The minimum atomic E-state index is -0.428. The van der Waals surface area contributed by atoms with Crippen molar-refractivity contribution in [2.75, 3.05) is 23.7 Å². The maximum absolute atomic E-state index is 12.2. The molecule has 3 N–H and O–H groups in total. The summed E-state index contributed by atoms with van der Waals surface area (Å²) in [7, 11) is 1.89. The van der Waals surface area contributed by atoms with Gasteiger partial charge in [0.1, 0.15) is 12.1 Å². The van der Waals surface area contributed by atoms with E-state index in [1.165, 1.54) is 0 Å². The zero-order valence-corrected chi connectivity index (χ0v) is 17.2. The first kappa shape index (κ1) is 21.6. The number of hydrogen-bond acceptors (Lipinski definition) is 6. The van der Waals surface area contributed by atoms with Crippen molar-refractivity contribution in [1.29, 1.82) is 10.5 Å². The van der Waals surface area contributed by atoms with Crippen molar-refractivity contribution in [3.8, 4) is 12.1 Å². The average Bonchev–Trinajstić information content (AvgIpc) is 3.28. The van der Waals surface area contributed by atoms with Crippen molar-refractivity contribution in [2.24, 2.45) is 7.05 Å². The molecule has 1 unspecified atom stereocenters. The first-order valence-electron chi connectivity index (χ1n) is 9.84. The summed E-state index contributed by atoms with van der Waals surface area (Å²) in [5.74, 6) is -0.117. The van der Waals surface area contributed by atoms with Crippen LogP contribution in [-0.4, -0.2) is 34.8 Å². The number of para-hydroxylation sites is 1. The molecule has 0 bridgehead atoms. The molecule has 0 spiro atoms. The molecule has 0 saturated heterocycles. The van der Waals surface area contributed by atoms with E-state index < -0.39 is 6.04 Å². The molecule has 0 fully saturated rings. The van der Waals surface area contributed by atoms with Crippen molar-refractivity contribution in [2.45, 2.75) is 12.5 Å². The number of carbonyl (C=O) groups is 1. The van der Waals surface area contributed by atoms with Crippen LogP contribution in [0.4, 0.5) is 11.4 Å².